The van der Waals surface area contributed by atoms with Crippen molar-refractivity contribution in [2.45, 2.75) is 26.6 Å². The zero-order chi connectivity index (χ0) is 13.5. The first-order valence-electron chi connectivity index (χ1n) is 6.80. The number of hydrogen-bond donors (Lipinski definition) is 1. The highest BCUT2D eigenvalue weighted by atomic mass is 15.3. The van der Waals surface area contributed by atoms with Crippen molar-refractivity contribution in [3.63, 3.8) is 0 Å². The van der Waals surface area contributed by atoms with Gasteiger partial charge < -0.3 is 5.73 Å². The highest BCUT2D eigenvalue weighted by Gasteiger charge is 2.07. The average Bonchev–Trinajstić information content (AvgIpc) is 2.97. The van der Waals surface area contributed by atoms with Crippen LogP contribution in [-0.2, 0) is 19.6 Å². The van der Waals surface area contributed by atoms with Crippen LogP contribution in [0.2, 0.25) is 0 Å². The van der Waals surface area contributed by atoms with Crippen LogP contribution in [-0.4, -0.2) is 27.8 Å². The molecule has 0 spiro atoms. The van der Waals surface area contributed by atoms with Crippen LogP contribution in [0.4, 0.5) is 0 Å². The maximum Gasteiger partial charge on any atom is 0.0536 e. The standard InChI is InChI=1S/C15H22N4/c1-2-18(10-11-19-9-5-8-17-19)13-15-7-4-3-6-14(15)12-16/h3-9H,2,10-13,16H2,1H3. The molecule has 0 aliphatic heterocycles. The van der Waals surface area contributed by atoms with Gasteiger partial charge in [-0.3, -0.25) is 9.58 Å². The summed E-state index contributed by atoms with van der Waals surface area (Å²) in [5.74, 6) is 0. The van der Waals surface area contributed by atoms with Gasteiger partial charge in [-0.15, -0.1) is 0 Å². The van der Waals surface area contributed by atoms with E-state index in [1.807, 2.05) is 29.2 Å². The van der Waals surface area contributed by atoms with Crippen LogP contribution in [0.25, 0.3) is 0 Å². The van der Waals surface area contributed by atoms with Crippen molar-refractivity contribution in [1.29, 1.82) is 0 Å². The summed E-state index contributed by atoms with van der Waals surface area (Å²) in [4.78, 5) is 2.41. The number of aromatic nitrogens is 2. The van der Waals surface area contributed by atoms with Crippen molar-refractivity contribution in [2.75, 3.05) is 13.1 Å². The zero-order valence-electron chi connectivity index (χ0n) is 11.5. The maximum absolute atomic E-state index is 5.79. The molecule has 2 N–H and O–H groups in total. The first-order chi connectivity index (χ1) is 9.33. The quantitative estimate of drug-likeness (QED) is 0.824. The van der Waals surface area contributed by atoms with Gasteiger partial charge in [0, 0.05) is 32.0 Å². The van der Waals surface area contributed by atoms with Gasteiger partial charge in [0.15, 0.2) is 0 Å². The first kappa shape index (κ1) is 13.8. The molecule has 0 aliphatic rings. The van der Waals surface area contributed by atoms with Crippen LogP contribution in [0.5, 0.6) is 0 Å². The largest absolute Gasteiger partial charge is 0.326 e. The summed E-state index contributed by atoms with van der Waals surface area (Å²) in [6.07, 6.45) is 3.82. The molecule has 2 aromatic rings. The number of benzene rings is 1. The number of hydrogen-bond acceptors (Lipinski definition) is 3. The van der Waals surface area contributed by atoms with Crippen LogP contribution < -0.4 is 5.73 Å². The highest BCUT2D eigenvalue weighted by molar-refractivity contribution is 5.26. The lowest BCUT2D eigenvalue weighted by Crippen LogP contribution is -2.27. The molecule has 0 atom stereocenters. The van der Waals surface area contributed by atoms with Crippen molar-refractivity contribution < 1.29 is 0 Å². The molecule has 19 heavy (non-hydrogen) atoms. The Kier molecular flexibility index (Phi) is 5.12. The van der Waals surface area contributed by atoms with E-state index in [9.17, 15) is 0 Å². The summed E-state index contributed by atoms with van der Waals surface area (Å²) in [6.45, 7) is 6.69. The normalized spacial score (nSPS) is 11.1. The lowest BCUT2D eigenvalue weighted by molar-refractivity contribution is 0.263. The Bertz CT molecular complexity index is 479. The van der Waals surface area contributed by atoms with Gasteiger partial charge in [-0.05, 0) is 23.7 Å². The molecule has 0 unspecified atom stereocenters. The average molecular weight is 258 g/mol. The van der Waals surface area contributed by atoms with Crippen molar-refractivity contribution >= 4 is 0 Å². The summed E-state index contributed by atoms with van der Waals surface area (Å²) >= 11 is 0. The fourth-order valence-corrected chi connectivity index (χ4v) is 2.18. The van der Waals surface area contributed by atoms with E-state index >= 15 is 0 Å². The number of rotatable bonds is 7. The van der Waals surface area contributed by atoms with Crippen molar-refractivity contribution in [3.05, 3.63) is 53.9 Å². The van der Waals surface area contributed by atoms with Gasteiger partial charge in [-0.25, -0.2) is 0 Å². The number of nitrogens with zero attached hydrogens (tertiary/aromatic N) is 3. The van der Waals surface area contributed by atoms with Gasteiger partial charge in [0.05, 0.1) is 6.54 Å². The molecule has 0 radical (unpaired) electrons. The Labute approximate surface area is 114 Å². The SMILES string of the molecule is CCN(CCn1cccn1)Cc1ccccc1CN. The van der Waals surface area contributed by atoms with E-state index in [-0.39, 0.29) is 0 Å². The molecule has 102 valence electrons. The Morgan fingerprint density at radius 2 is 2.00 bits per heavy atom. The summed E-state index contributed by atoms with van der Waals surface area (Å²) < 4.78 is 1.97. The molecule has 4 heteroatoms. The molecular formula is C15H22N4. The topological polar surface area (TPSA) is 47.1 Å². The van der Waals surface area contributed by atoms with Gasteiger partial charge in [0.2, 0.25) is 0 Å². The van der Waals surface area contributed by atoms with E-state index in [2.05, 4.69) is 35.1 Å². The van der Waals surface area contributed by atoms with E-state index < -0.39 is 0 Å². The van der Waals surface area contributed by atoms with E-state index in [1.165, 1.54) is 11.1 Å². The summed E-state index contributed by atoms with van der Waals surface area (Å²) in [6, 6.07) is 10.4. The summed E-state index contributed by atoms with van der Waals surface area (Å²) in [5, 5.41) is 4.23. The minimum Gasteiger partial charge on any atom is -0.326 e. The van der Waals surface area contributed by atoms with E-state index in [1.54, 1.807) is 0 Å². The van der Waals surface area contributed by atoms with Crippen molar-refractivity contribution in [1.82, 2.24) is 14.7 Å². The molecule has 2 rings (SSSR count). The first-order valence-corrected chi connectivity index (χ1v) is 6.80. The lowest BCUT2D eigenvalue weighted by Gasteiger charge is -2.21. The third-order valence-electron chi connectivity index (χ3n) is 3.38. The van der Waals surface area contributed by atoms with Crippen LogP contribution in [0, 0.1) is 0 Å². The monoisotopic (exact) mass is 258 g/mol. The molecule has 0 amide bonds. The van der Waals surface area contributed by atoms with E-state index in [4.69, 9.17) is 5.73 Å². The predicted molar refractivity (Wildman–Crippen MR) is 77.5 cm³/mol. The Balaban J connectivity index is 1.94. The highest BCUT2D eigenvalue weighted by Crippen LogP contribution is 2.11. The number of nitrogens with two attached hydrogens (primary N) is 1. The molecule has 1 heterocycles. The molecule has 4 nitrogen and oxygen atoms in total. The Morgan fingerprint density at radius 3 is 2.63 bits per heavy atom. The van der Waals surface area contributed by atoms with Crippen molar-refractivity contribution in [3.8, 4) is 0 Å². The molecule has 0 fully saturated rings. The van der Waals surface area contributed by atoms with Crippen molar-refractivity contribution in [2.24, 2.45) is 5.73 Å². The fourth-order valence-electron chi connectivity index (χ4n) is 2.18. The second-order valence-corrected chi connectivity index (χ2v) is 4.61. The molecule has 0 saturated carbocycles. The second-order valence-electron chi connectivity index (χ2n) is 4.61. The van der Waals surface area contributed by atoms with Crippen LogP contribution >= 0.6 is 0 Å². The van der Waals surface area contributed by atoms with Gasteiger partial charge in [-0.2, -0.15) is 5.10 Å². The maximum atomic E-state index is 5.79. The van der Waals surface area contributed by atoms with Crippen LogP contribution in [0.1, 0.15) is 18.1 Å². The minimum absolute atomic E-state index is 0.604. The third-order valence-corrected chi connectivity index (χ3v) is 3.38. The summed E-state index contributed by atoms with van der Waals surface area (Å²) in [5.41, 5.74) is 8.35. The van der Waals surface area contributed by atoms with E-state index in [0.717, 1.165) is 26.2 Å². The zero-order valence-corrected chi connectivity index (χ0v) is 11.5. The third kappa shape index (κ3) is 3.91. The fraction of sp³-hybridized carbons (Fsp3) is 0.400. The molecule has 0 aliphatic carbocycles. The van der Waals surface area contributed by atoms with Gasteiger partial charge >= 0.3 is 0 Å². The molecular weight excluding hydrogens is 236 g/mol. The molecule has 0 bridgehead atoms. The van der Waals surface area contributed by atoms with Crippen LogP contribution in [0.3, 0.4) is 0 Å². The van der Waals surface area contributed by atoms with Gasteiger partial charge in [0.25, 0.3) is 0 Å². The Hall–Kier alpha value is -1.65. The van der Waals surface area contributed by atoms with E-state index in [0.29, 0.717) is 6.54 Å². The van der Waals surface area contributed by atoms with Crippen LogP contribution in [0.15, 0.2) is 42.7 Å². The summed E-state index contributed by atoms with van der Waals surface area (Å²) in [7, 11) is 0. The molecule has 1 aromatic heterocycles. The lowest BCUT2D eigenvalue weighted by atomic mass is 10.1. The smallest absolute Gasteiger partial charge is 0.0536 e. The Morgan fingerprint density at radius 1 is 1.21 bits per heavy atom. The van der Waals surface area contributed by atoms with Gasteiger partial charge in [0.1, 0.15) is 0 Å². The predicted octanol–water partition coefficient (Wildman–Crippen LogP) is 1.86. The minimum atomic E-state index is 0.604. The molecule has 0 saturated heterocycles. The second kappa shape index (κ2) is 7.07. The number of likely N-dealkylation sites (N-methyl/N-ethyl adjacent to an activating group) is 1. The molecule has 1 aromatic carbocycles. The van der Waals surface area contributed by atoms with Gasteiger partial charge in [-0.1, -0.05) is 31.2 Å².